The van der Waals surface area contributed by atoms with Crippen molar-refractivity contribution in [2.24, 2.45) is 5.73 Å². The van der Waals surface area contributed by atoms with E-state index < -0.39 is 0 Å². The molecule has 0 amide bonds. The Morgan fingerprint density at radius 1 is 1.00 bits per heavy atom. The Balaban J connectivity index is 0.00000147. The van der Waals surface area contributed by atoms with Crippen LogP contribution in [0.3, 0.4) is 0 Å². The number of nitrogens with two attached hydrogens (primary N) is 1. The molecule has 0 fully saturated rings. The first kappa shape index (κ1) is 14.4. The van der Waals surface area contributed by atoms with E-state index in [1.165, 1.54) is 11.1 Å². The third-order valence-electron chi connectivity index (χ3n) is 3.67. The van der Waals surface area contributed by atoms with Gasteiger partial charge in [-0.2, -0.15) is 0 Å². The van der Waals surface area contributed by atoms with Crippen LogP contribution in [0.25, 0.3) is 0 Å². The number of hydrogen-bond donors (Lipinski definition) is 2. The van der Waals surface area contributed by atoms with Crippen molar-refractivity contribution >= 4 is 23.9 Å². The molecule has 0 spiro atoms. The van der Waals surface area contributed by atoms with Gasteiger partial charge in [-0.3, -0.25) is 5.41 Å². The number of fused-ring (bicyclic) bond motifs is 1. The Morgan fingerprint density at radius 2 is 1.65 bits per heavy atom. The molecule has 0 aliphatic carbocycles. The van der Waals surface area contributed by atoms with Gasteiger partial charge in [0.1, 0.15) is 5.84 Å². The van der Waals surface area contributed by atoms with Gasteiger partial charge in [0.05, 0.1) is 0 Å². The summed E-state index contributed by atoms with van der Waals surface area (Å²) in [7, 11) is 0. The molecule has 0 radical (unpaired) electrons. The Labute approximate surface area is 125 Å². The second-order valence-corrected chi connectivity index (χ2v) is 4.87. The summed E-state index contributed by atoms with van der Waals surface area (Å²) in [5.74, 6) is 0.134. The lowest BCUT2D eigenvalue weighted by Crippen LogP contribution is -2.32. The highest BCUT2D eigenvalue weighted by atomic mass is 35.5. The molecule has 1 heterocycles. The molecular formula is C16H18ClN3. The zero-order valence-electron chi connectivity index (χ0n) is 11.2. The van der Waals surface area contributed by atoms with Gasteiger partial charge >= 0.3 is 0 Å². The molecular weight excluding hydrogens is 270 g/mol. The first-order valence-corrected chi connectivity index (χ1v) is 6.51. The van der Waals surface area contributed by atoms with Crippen molar-refractivity contribution in [1.82, 2.24) is 0 Å². The van der Waals surface area contributed by atoms with E-state index in [0.29, 0.717) is 0 Å². The quantitative estimate of drug-likeness (QED) is 0.659. The second kappa shape index (κ2) is 5.97. The molecule has 0 aromatic heterocycles. The van der Waals surface area contributed by atoms with E-state index in [1.54, 1.807) is 0 Å². The van der Waals surface area contributed by atoms with E-state index in [2.05, 4.69) is 29.2 Å². The minimum Gasteiger partial charge on any atom is -0.384 e. The number of amidine groups is 1. The van der Waals surface area contributed by atoms with Gasteiger partial charge in [0, 0.05) is 24.3 Å². The monoisotopic (exact) mass is 287 g/mol. The Hall–Kier alpha value is -2.00. The Kier molecular flexibility index (Phi) is 4.30. The molecule has 0 saturated heterocycles. The number of benzene rings is 2. The van der Waals surface area contributed by atoms with Gasteiger partial charge in [-0.25, -0.2) is 0 Å². The van der Waals surface area contributed by atoms with Crippen molar-refractivity contribution in [3.63, 3.8) is 0 Å². The number of nitrogen functional groups attached to an aromatic ring is 1. The lowest BCUT2D eigenvalue weighted by atomic mass is 9.98. The fourth-order valence-electron chi connectivity index (χ4n) is 2.68. The molecule has 2 aromatic rings. The lowest BCUT2D eigenvalue weighted by Gasteiger charge is -2.32. The van der Waals surface area contributed by atoms with Crippen molar-refractivity contribution in [3.05, 3.63) is 65.2 Å². The molecule has 0 bridgehead atoms. The van der Waals surface area contributed by atoms with Gasteiger partial charge in [0.15, 0.2) is 0 Å². The third kappa shape index (κ3) is 2.63. The molecule has 1 aliphatic rings. The fourth-order valence-corrected chi connectivity index (χ4v) is 2.68. The molecule has 0 atom stereocenters. The summed E-state index contributed by atoms with van der Waals surface area (Å²) in [6, 6.07) is 16.4. The third-order valence-corrected chi connectivity index (χ3v) is 3.67. The zero-order valence-corrected chi connectivity index (χ0v) is 12.0. The van der Waals surface area contributed by atoms with E-state index in [9.17, 15) is 0 Å². The summed E-state index contributed by atoms with van der Waals surface area (Å²) in [6.45, 7) is 1.86. The summed E-state index contributed by atoms with van der Waals surface area (Å²) in [4.78, 5) is 2.30. The van der Waals surface area contributed by atoms with Crippen LogP contribution in [-0.4, -0.2) is 12.4 Å². The predicted molar refractivity (Wildman–Crippen MR) is 85.9 cm³/mol. The zero-order chi connectivity index (χ0) is 13.2. The number of nitrogens with one attached hydrogen (secondary N) is 1. The van der Waals surface area contributed by atoms with Gasteiger partial charge in [-0.1, -0.05) is 36.4 Å². The molecule has 104 valence electrons. The Bertz CT molecular complexity index is 625. The average Bonchev–Trinajstić information content (AvgIpc) is 2.46. The van der Waals surface area contributed by atoms with Crippen molar-refractivity contribution in [3.8, 4) is 0 Å². The van der Waals surface area contributed by atoms with Crippen LogP contribution >= 0.6 is 12.4 Å². The van der Waals surface area contributed by atoms with Gasteiger partial charge in [-0.05, 0) is 29.7 Å². The van der Waals surface area contributed by atoms with Gasteiger partial charge in [-0.15, -0.1) is 12.4 Å². The maximum atomic E-state index is 7.69. The van der Waals surface area contributed by atoms with Crippen LogP contribution in [-0.2, 0) is 13.0 Å². The standard InChI is InChI=1S/C16H17N3.ClH/c17-16(18)14-7-3-4-8-15(14)19-10-9-12-5-1-2-6-13(12)11-19;/h1-8H,9-11H2,(H3,17,18);1H. The first-order chi connectivity index (χ1) is 9.25. The van der Waals surface area contributed by atoms with Crippen molar-refractivity contribution in [1.29, 1.82) is 5.41 Å². The molecule has 0 saturated carbocycles. The fraction of sp³-hybridized carbons (Fsp3) is 0.188. The normalized spacial score (nSPS) is 13.3. The van der Waals surface area contributed by atoms with Gasteiger partial charge in [0.25, 0.3) is 0 Å². The SMILES string of the molecule is Cl.N=C(N)c1ccccc1N1CCc2ccccc2C1. The average molecular weight is 288 g/mol. The summed E-state index contributed by atoms with van der Waals surface area (Å²) >= 11 is 0. The van der Waals surface area contributed by atoms with Gasteiger partial charge in [0.2, 0.25) is 0 Å². The minimum absolute atomic E-state index is 0. The smallest absolute Gasteiger partial charge is 0.124 e. The minimum atomic E-state index is 0. The number of anilines is 1. The van der Waals surface area contributed by atoms with E-state index in [4.69, 9.17) is 11.1 Å². The summed E-state index contributed by atoms with van der Waals surface area (Å²) in [6.07, 6.45) is 1.04. The number of rotatable bonds is 2. The van der Waals surface area contributed by atoms with Crippen LogP contribution in [0.2, 0.25) is 0 Å². The van der Waals surface area contributed by atoms with E-state index >= 15 is 0 Å². The van der Waals surface area contributed by atoms with E-state index in [1.807, 2.05) is 24.3 Å². The summed E-state index contributed by atoms with van der Waals surface area (Å²) in [5, 5.41) is 7.69. The molecule has 4 heteroatoms. The Morgan fingerprint density at radius 3 is 2.40 bits per heavy atom. The molecule has 3 rings (SSSR count). The first-order valence-electron chi connectivity index (χ1n) is 6.51. The molecule has 3 N–H and O–H groups in total. The highest BCUT2D eigenvalue weighted by Crippen LogP contribution is 2.26. The van der Waals surface area contributed by atoms with E-state index in [0.717, 1.165) is 30.8 Å². The van der Waals surface area contributed by atoms with Gasteiger partial charge < -0.3 is 10.6 Å². The largest absolute Gasteiger partial charge is 0.384 e. The number of nitrogens with zero attached hydrogens (tertiary/aromatic N) is 1. The maximum absolute atomic E-state index is 7.69. The molecule has 3 nitrogen and oxygen atoms in total. The van der Waals surface area contributed by atoms with Crippen LogP contribution in [0.15, 0.2) is 48.5 Å². The second-order valence-electron chi connectivity index (χ2n) is 4.87. The molecule has 20 heavy (non-hydrogen) atoms. The van der Waals surface area contributed by atoms with Crippen molar-refractivity contribution in [2.75, 3.05) is 11.4 Å². The van der Waals surface area contributed by atoms with Crippen LogP contribution < -0.4 is 10.6 Å². The molecule has 2 aromatic carbocycles. The van der Waals surface area contributed by atoms with Crippen LogP contribution in [0.4, 0.5) is 5.69 Å². The summed E-state index contributed by atoms with van der Waals surface area (Å²) < 4.78 is 0. The molecule has 0 unspecified atom stereocenters. The molecule has 1 aliphatic heterocycles. The van der Waals surface area contributed by atoms with E-state index in [-0.39, 0.29) is 18.2 Å². The van der Waals surface area contributed by atoms with Crippen molar-refractivity contribution in [2.45, 2.75) is 13.0 Å². The van der Waals surface area contributed by atoms with Crippen molar-refractivity contribution < 1.29 is 0 Å². The van der Waals surface area contributed by atoms with Crippen LogP contribution in [0, 0.1) is 5.41 Å². The highest BCUT2D eigenvalue weighted by Gasteiger charge is 2.18. The number of halogens is 1. The summed E-state index contributed by atoms with van der Waals surface area (Å²) in [5.41, 5.74) is 10.4. The van der Waals surface area contributed by atoms with Crippen LogP contribution in [0.1, 0.15) is 16.7 Å². The number of para-hydroxylation sites is 1. The number of hydrogen-bond acceptors (Lipinski definition) is 2. The maximum Gasteiger partial charge on any atom is 0.124 e. The topological polar surface area (TPSA) is 53.1 Å². The lowest BCUT2D eigenvalue weighted by molar-refractivity contribution is 0.731. The highest BCUT2D eigenvalue weighted by molar-refractivity contribution is 6.00. The predicted octanol–water partition coefficient (Wildman–Crippen LogP) is 2.96. The van der Waals surface area contributed by atoms with Crippen LogP contribution in [0.5, 0.6) is 0 Å².